The number of amides is 2. The molecule has 1 atom stereocenters. The van der Waals surface area contributed by atoms with Crippen LogP contribution < -0.4 is 21.7 Å². The molecule has 0 spiro atoms. The van der Waals surface area contributed by atoms with Gasteiger partial charge in [-0.05, 0) is 43.7 Å². The molecule has 226 valence electrons. The van der Waals surface area contributed by atoms with Gasteiger partial charge in [0.2, 0.25) is 5.91 Å². The number of nitrogens with zero attached hydrogens (tertiary/aromatic N) is 1. The molecule has 4 rings (SSSR count). The van der Waals surface area contributed by atoms with Gasteiger partial charge in [0.15, 0.2) is 5.69 Å². The number of hydrogen-bond acceptors (Lipinski definition) is 6. The number of nitrogens with one attached hydrogen (secondary N) is 3. The van der Waals surface area contributed by atoms with Gasteiger partial charge in [0, 0.05) is 41.9 Å². The van der Waals surface area contributed by atoms with Crippen molar-refractivity contribution >= 4 is 40.8 Å². The van der Waals surface area contributed by atoms with Crippen LogP contribution in [0.3, 0.4) is 0 Å². The molecule has 9 nitrogen and oxygen atoms in total. The van der Waals surface area contributed by atoms with Crippen molar-refractivity contribution in [3.05, 3.63) is 88.6 Å². The SMILES string of the molecule is C[C@@H]1CC[NH2+]c2c(cnc(N)c2C(=N)c2ccc(NC(=O)c3cccc(C(F)(F)F)c3)cc2)/C=C/CCOCCC(=O)N1. The fourth-order valence-electron chi connectivity index (χ4n) is 4.60. The van der Waals surface area contributed by atoms with Crippen molar-refractivity contribution in [2.24, 2.45) is 0 Å². The van der Waals surface area contributed by atoms with Crippen molar-refractivity contribution in [3.63, 3.8) is 0 Å². The summed E-state index contributed by atoms with van der Waals surface area (Å²) in [4.78, 5) is 29.1. The maximum atomic E-state index is 13.1. The second kappa shape index (κ2) is 14.1. The van der Waals surface area contributed by atoms with Gasteiger partial charge in [-0.15, -0.1) is 0 Å². The number of anilines is 2. The van der Waals surface area contributed by atoms with Crippen molar-refractivity contribution in [1.29, 1.82) is 5.41 Å². The van der Waals surface area contributed by atoms with Crippen molar-refractivity contribution in [3.8, 4) is 0 Å². The maximum absolute atomic E-state index is 13.1. The van der Waals surface area contributed by atoms with E-state index in [1.165, 1.54) is 12.1 Å². The molecule has 1 aromatic heterocycles. The maximum Gasteiger partial charge on any atom is 0.416 e. The fraction of sp³-hybridized carbons (Fsp3) is 0.290. The van der Waals surface area contributed by atoms with E-state index in [2.05, 4.69) is 15.6 Å². The van der Waals surface area contributed by atoms with Crippen molar-refractivity contribution in [2.45, 2.75) is 38.4 Å². The summed E-state index contributed by atoms with van der Waals surface area (Å²) in [6.07, 6.45) is 2.56. The number of nitrogen functional groups attached to an aromatic ring is 1. The van der Waals surface area contributed by atoms with Crippen LogP contribution in [-0.2, 0) is 15.7 Å². The van der Waals surface area contributed by atoms with E-state index in [0.29, 0.717) is 55.8 Å². The van der Waals surface area contributed by atoms with Crippen molar-refractivity contribution in [1.82, 2.24) is 10.3 Å². The molecule has 1 aliphatic rings. The minimum Gasteiger partial charge on any atom is -0.383 e. The van der Waals surface area contributed by atoms with E-state index in [0.717, 1.165) is 23.4 Å². The molecule has 2 heterocycles. The molecule has 0 aliphatic carbocycles. The summed E-state index contributed by atoms with van der Waals surface area (Å²) < 4.78 is 44.7. The Balaban J connectivity index is 1.56. The molecule has 0 saturated carbocycles. The highest BCUT2D eigenvalue weighted by atomic mass is 19.4. The van der Waals surface area contributed by atoms with Crippen LogP contribution in [0.5, 0.6) is 0 Å². The van der Waals surface area contributed by atoms with E-state index in [-0.39, 0.29) is 29.0 Å². The molecule has 3 aromatic rings. The first-order valence-electron chi connectivity index (χ1n) is 13.9. The lowest BCUT2D eigenvalue weighted by molar-refractivity contribution is -0.572. The van der Waals surface area contributed by atoms with Crippen LogP contribution >= 0.6 is 0 Å². The van der Waals surface area contributed by atoms with E-state index in [1.54, 1.807) is 30.5 Å². The van der Waals surface area contributed by atoms with Crippen LogP contribution in [0.2, 0.25) is 0 Å². The first kappa shape index (κ1) is 31.4. The molecule has 0 saturated heterocycles. The summed E-state index contributed by atoms with van der Waals surface area (Å²) in [5.41, 5.74) is 8.20. The minimum atomic E-state index is -4.56. The first-order valence-corrected chi connectivity index (χ1v) is 13.9. The van der Waals surface area contributed by atoms with Gasteiger partial charge in [0.1, 0.15) is 11.4 Å². The summed E-state index contributed by atoms with van der Waals surface area (Å²) in [6, 6.07) is 10.5. The van der Waals surface area contributed by atoms with Gasteiger partial charge in [0.25, 0.3) is 5.91 Å². The Morgan fingerprint density at radius 1 is 1.16 bits per heavy atom. The van der Waals surface area contributed by atoms with Crippen LogP contribution in [-0.4, -0.2) is 48.3 Å². The quantitative estimate of drug-likeness (QED) is 0.286. The number of carbonyl (C=O) groups is 2. The van der Waals surface area contributed by atoms with E-state index < -0.39 is 17.6 Å². The summed E-state index contributed by atoms with van der Waals surface area (Å²) >= 11 is 0. The fourth-order valence-corrected chi connectivity index (χ4v) is 4.60. The van der Waals surface area contributed by atoms with Gasteiger partial charge in [-0.25, -0.2) is 4.98 Å². The zero-order valence-electron chi connectivity index (χ0n) is 23.6. The third kappa shape index (κ3) is 8.49. The van der Waals surface area contributed by atoms with E-state index in [1.807, 2.05) is 24.4 Å². The molecule has 1 aliphatic heterocycles. The molecule has 2 amide bonds. The molecule has 12 heteroatoms. The predicted molar refractivity (Wildman–Crippen MR) is 158 cm³/mol. The Morgan fingerprint density at radius 3 is 2.67 bits per heavy atom. The Hall–Kier alpha value is -4.55. The van der Waals surface area contributed by atoms with Crippen LogP contribution in [0.15, 0.2) is 60.8 Å². The monoisotopic (exact) mass is 595 g/mol. The molecule has 0 bridgehead atoms. The topological polar surface area (TPSA) is 147 Å². The number of ether oxygens (including phenoxy) is 1. The van der Waals surface area contributed by atoms with Crippen LogP contribution in [0, 0.1) is 5.41 Å². The smallest absolute Gasteiger partial charge is 0.383 e. The number of aromatic nitrogens is 1. The number of benzene rings is 2. The third-order valence-corrected chi connectivity index (χ3v) is 6.87. The lowest BCUT2D eigenvalue weighted by atomic mass is 9.98. The third-order valence-electron chi connectivity index (χ3n) is 6.87. The summed E-state index contributed by atoms with van der Waals surface area (Å²) in [6.45, 7) is 3.36. The molecular formula is C31H34F3N6O3+. The average molecular weight is 596 g/mol. The van der Waals surface area contributed by atoms with Gasteiger partial charge in [-0.1, -0.05) is 30.4 Å². The molecule has 0 radical (unpaired) electrons. The lowest BCUT2D eigenvalue weighted by Gasteiger charge is -2.16. The Bertz CT molecular complexity index is 1510. The zero-order valence-corrected chi connectivity index (χ0v) is 23.6. The largest absolute Gasteiger partial charge is 0.416 e. The van der Waals surface area contributed by atoms with Gasteiger partial charge in [-0.2, -0.15) is 13.2 Å². The molecule has 0 unspecified atom stereocenters. The summed E-state index contributed by atoms with van der Waals surface area (Å²) in [7, 11) is 0. The zero-order chi connectivity index (χ0) is 31.0. The van der Waals surface area contributed by atoms with Gasteiger partial charge >= 0.3 is 6.18 Å². The highest BCUT2D eigenvalue weighted by Crippen LogP contribution is 2.30. The molecular weight excluding hydrogens is 561 g/mol. The van der Waals surface area contributed by atoms with Crippen molar-refractivity contribution in [2.75, 3.05) is 30.8 Å². The Kier molecular flexibility index (Phi) is 10.3. The lowest BCUT2D eigenvalue weighted by Crippen LogP contribution is -2.79. The average Bonchev–Trinajstić information content (AvgIpc) is 2.97. The van der Waals surface area contributed by atoms with Crippen LogP contribution in [0.25, 0.3) is 6.08 Å². The van der Waals surface area contributed by atoms with Crippen LogP contribution in [0.1, 0.15) is 58.8 Å². The number of carbonyl (C=O) groups excluding carboxylic acids is 2. The Labute approximate surface area is 247 Å². The number of alkyl halides is 3. The van der Waals surface area contributed by atoms with E-state index in [4.69, 9.17) is 15.9 Å². The highest BCUT2D eigenvalue weighted by molar-refractivity contribution is 6.16. The van der Waals surface area contributed by atoms with Crippen LogP contribution in [0.4, 0.5) is 30.4 Å². The molecule has 2 aromatic carbocycles. The predicted octanol–water partition coefficient (Wildman–Crippen LogP) is 4.26. The summed E-state index contributed by atoms with van der Waals surface area (Å²) in [5, 5.41) is 16.6. The van der Waals surface area contributed by atoms with E-state index >= 15 is 0 Å². The Morgan fingerprint density at radius 2 is 1.93 bits per heavy atom. The number of pyridine rings is 1. The number of fused-ring (bicyclic) bond motifs is 1. The van der Waals surface area contributed by atoms with E-state index in [9.17, 15) is 22.8 Å². The second-order valence-corrected chi connectivity index (χ2v) is 10.2. The van der Waals surface area contributed by atoms with Gasteiger partial charge in [-0.3, -0.25) is 15.0 Å². The molecule has 7 N–H and O–H groups in total. The normalized spacial score (nSPS) is 17.5. The number of halogens is 3. The first-order chi connectivity index (χ1) is 20.5. The second-order valence-electron chi connectivity index (χ2n) is 10.2. The number of nitrogens with two attached hydrogens (primary N) is 2. The standard InChI is InChI=1S/C31H33F3N6O3/c1-19-12-14-37-28-22(5-2-3-15-43-16-13-25(41)39-19)18-38-29(36)26(28)27(35)20-8-10-24(11-9-20)40-30(42)21-6-4-7-23(17-21)31(32,33)34/h2,4-11,17-19,35,37H,3,12-16H2,1H3,(H2,36,38)(H,39,41)(H,40,42)/p+1/b5-2+,35-27?/t19-/m1/s1. The number of hydrogen-bond donors (Lipinski definition) is 5. The van der Waals surface area contributed by atoms with Gasteiger partial charge < -0.3 is 26.4 Å². The molecule has 0 fully saturated rings. The number of rotatable bonds is 4. The minimum absolute atomic E-state index is 0.0614. The van der Waals surface area contributed by atoms with Gasteiger partial charge in [0.05, 0.1) is 36.6 Å². The number of quaternary nitrogens is 1. The molecule has 43 heavy (non-hydrogen) atoms. The van der Waals surface area contributed by atoms with Crippen molar-refractivity contribution < 1.29 is 32.8 Å². The summed E-state index contributed by atoms with van der Waals surface area (Å²) in [5.74, 6) is -0.577. The highest BCUT2D eigenvalue weighted by Gasteiger charge is 2.31.